The Labute approximate surface area is 93.9 Å². The Bertz CT molecular complexity index is 127. The van der Waals surface area contributed by atoms with Gasteiger partial charge in [-0.1, -0.05) is 39.0 Å². The molecule has 0 aromatic heterocycles. The number of unbranched alkanes of at least 4 members (excludes halogenated alkanes) is 4. The molecular weight excluding hydrogens is 190 g/mol. The van der Waals surface area contributed by atoms with Gasteiger partial charge in [-0.15, -0.1) is 0 Å². The van der Waals surface area contributed by atoms with Crippen molar-refractivity contribution in [2.75, 3.05) is 13.2 Å². The minimum Gasteiger partial charge on any atom is -0.395 e. The van der Waals surface area contributed by atoms with Gasteiger partial charge in [0.05, 0.1) is 19.3 Å². The van der Waals surface area contributed by atoms with E-state index in [9.17, 15) is 0 Å². The molecular formula is C12H27NO2. The van der Waals surface area contributed by atoms with Gasteiger partial charge in [-0.2, -0.15) is 0 Å². The maximum Gasteiger partial charge on any atom is 0.0607 e. The highest BCUT2D eigenvalue weighted by Crippen LogP contribution is 2.07. The molecule has 0 spiro atoms. The summed E-state index contributed by atoms with van der Waals surface area (Å²) >= 11 is 0. The third-order valence-corrected chi connectivity index (χ3v) is 2.70. The van der Waals surface area contributed by atoms with E-state index < -0.39 is 0 Å². The van der Waals surface area contributed by atoms with Crippen molar-refractivity contribution in [3.8, 4) is 0 Å². The molecule has 0 saturated carbocycles. The minimum absolute atomic E-state index is 0.0106. The summed E-state index contributed by atoms with van der Waals surface area (Å²) in [7, 11) is 0. The molecule has 3 N–H and O–H groups in total. The highest BCUT2D eigenvalue weighted by Gasteiger charge is 2.09. The van der Waals surface area contributed by atoms with E-state index in [4.69, 9.17) is 10.2 Å². The van der Waals surface area contributed by atoms with Gasteiger partial charge >= 0.3 is 0 Å². The summed E-state index contributed by atoms with van der Waals surface area (Å²) in [6, 6.07) is 0.228. The zero-order chi connectivity index (χ0) is 11.5. The van der Waals surface area contributed by atoms with Crippen LogP contribution in [0.4, 0.5) is 0 Å². The predicted molar refractivity (Wildman–Crippen MR) is 63.9 cm³/mol. The topological polar surface area (TPSA) is 52.5 Å². The van der Waals surface area contributed by atoms with E-state index in [2.05, 4.69) is 19.2 Å². The quantitative estimate of drug-likeness (QED) is 0.488. The Morgan fingerprint density at radius 2 is 1.60 bits per heavy atom. The zero-order valence-corrected chi connectivity index (χ0v) is 10.2. The van der Waals surface area contributed by atoms with Crippen LogP contribution in [0.5, 0.6) is 0 Å². The van der Waals surface area contributed by atoms with Gasteiger partial charge < -0.3 is 15.5 Å². The molecule has 0 aliphatic carbocycles. The van der Waals surface area contributed by atoms with Crippen molar-refractivity contribution in [1.82, 2.24) is 5.32 Å². The number of nitrogens with one attached hydrogen (secondary N) is 1. The van der Waals surface area contributed by atoms with Crippen LogP contribution < -0.4 is 5.32 Å². The highest BCUT2D eigenvalue weighted by atomic mass is 16.3. The smallest absolute Gasteiger partial charge is 0.0607 e. The van der Waals surface area contributed by atoms with Gasteiger partial charge in [-0.3, -0.25) is 0 Å². The second-order valence-corrected chi connectivity index (χ2v) is 4.33. The average Bonchev–Trinajstić information content (AvgIpc) is 2.25. The van der Waals surface area contributed by atoms with Crippen LogP contribution in [0.15, 0.2) is 0 Å². The molecule has 92 valence electrons. The normalized spacial score (nSPS) is 13.4. The van der Waals surface area contributed by atoms with Crippen molar-refractivity contribution in [1.29, 1.82) is 0 Å². The average molecular weight is 217 g/mol. The summed E-state index contributed by atoms with van der Waals surface area (Å²) in [6.45, 7) is 4.35. The summed E-state index contributed by atoms with van der Waals surface area (Å²) in [6.07, 6.45) is 7.59. The van der Waals surface area contributed by atoms with Gasteiger partial charge in [0.15, 0.2) is 0 Å². The Morgan fingerprint density at radius 1 is 1.00 bits per heavy atom. The lowest BCUT2D eigenvalue weighted by Gasteiger charge is -2.19. The standard InChI is InChI=1S/C12H27NO2/c1-3-4-5-6-7-8-11(2)13-12(9-14)10-15/h11-15H,3-10H2,1-2H3. The summed E-state index contributed by atoms with van der Waals surface area (Å²) in [5.41, 5.74) is 0. The molecule has 0 saturated heterocycles. The molecule has 0 aliphatic rings. The van der Waals surface area contributed by atoms with Crippen LogP contribution in [0.2, 0.25) is 0 Å². The molecule has 0 radical (unpaired) electrons. The molecule has 1 unspecified atom stereocenters. The van der Waals surface area contributed by atoms with Crippen LogP contribution in [0.25, 0.3) is 0 Å². The fraction of sp³-hybridized carbons (Fsp3) is 1.00. The Morgan fingerprint density at radius 3 is 2.13 bits per heavy atom. The summed E-state index contributed by atoms with van der Waals surface area (Å²) in [5, 5.41) is 21.0. The molecule has 0 bridgehead atoms. The summed E-state index contributed by atoms with van der Waals surface area (Å²) in [4.78, 5) is 0. The van der Waals surface area contributed by atoms with Gasteiger partial charge in [0.25, 0.3) is 0 Å². The van der Waals surface area contributed by atoms with Crippen molar-refractivity contribution >= 4 is 0 Å². The predicted octanol–water partition coefficient (Wildman–Crippen LogP) is 1.68. The molecule has 0 heterocycles. The van der Waals surface area contributed by atoms with Crippen LogP contribution >= 0.6 is 0 Å². The van der Waals surface area contributed by atoms with Crippen LogP contribution in [0.1, 0.15) is 52.4 Å². The first kappa shape index (κ1) is 14.9. The van der Waals surface area contributed by atoms with Crippen LogP contribution in [0, 0.1) is 0 Å². The third-order valence-electron chi connectivity index (χ3n) is 2.70. The largest absolute Gasteiger partial charge is 0.395 e. The van der Waals surface area contributed by atoms with Crippen LogP contribution in [-0.4, -0.2) is 35.5 Å². The van der Waals surface area contributed by atoms with E-state index in [0.29, 0.717) is 6.04 Å². The lowest BCUT2D eigenvalue weighted by molar-refractivity contribution is 0.162. The third kappa shape index (κ3) is 8.85. The van der Waals surface area contributed by atoms with Crippen molar-refractivity contribution in [3.05, 3.63) is 0 Å². The van der Waals surface area contributed by atoms with Crippen molar-refractivity contribution < 1.29 is 10.2 Å². The van der Waals surface area contributed by atoms with E-state index in [1.807, 2.05) is 0 Å². The Hall–Kier alpha value is -0.120. The second-order valence-electron chi connectivity index (χ2n) is 4.33. The maximum atomic E-state index is 8.89. The van der Waals surface area contributed by atoms with Crippen molar-refractivity contribution in [3.63, 3.8) is 0 Å². The number of aliphatic hydroxyl groups excluding tert-OH is 2. The van der Waals surface area contributed by atoms with Crippen molar-refractivity contribution in [2.24, 2.45) is 0 Å². The van der Waals surface area contributed by atoms with Crippen molar-refractivity contribution in [2.45, 2.75) is 64.5 Å². The molecule has 3 nitrogen and oxygen atoms in total. The van der Waals surface area contributed by atoms with Gasteiger partial charge in [-0.05, 0) is 13.3 Å². The first-order valence-electron chi connectivity index (χ1n) is 6.22. The number of rotatable bonds is 10. The number of hydrogen-bond donors (Lipinski definition) is 3. The Kier molecular flexibility index (Phi) is 10.3. The highest BCUT2D eigenvalue weighted by molar-refractivity contribution is 4.69. The van der Waals surface area contributed by atoms with Gasteiger partial charge in [0, 0.05) is 6.04 Å². The zero-order valence-electron chi connectivity index (χ0n) is 10.2. The second kappa shape index (κ2) is 10.4. The summed E-state index contributed by atoms with van der Waals surface area (Å²) in [5.74, 6) is 0. The number of aliphatic hydroxyl groups is 2. The molecule has 1 atom stereocenters. The molecule has 0 aromatic carbocycles. The van der Waals surface area contributed by atoms with Gasteiger partial charge in [-0.25, -0.2) is 0 Å². The van der Waals surface area contributed by atoms with Crippen LogP contribution in [0.3, 0.4) is 0 Å². The molecule has 0 aliphatic heterocycles. The lowest BCUT2D eigenvalue weighted by Crippen LogP contribution is -2.41. The van der Waals surface area contributed by atoms with E-state index in [1.54, 1.807) is 0 Å². The van der Waals surface area contributed by atoms with E-state index >= 15 is 0 Å². The number of hydrogen-bond acceptors (Lipinski definition) is 3. The van der Waals surface area contributed by atoms with E-state index in [0.717, 1.165) is 6.42 Å². The maximum absolute atomic E-state index is 8.89. The summed E-state index contributed by atoms with van der Waals surface area (Å²) < 4.78 is 0. The van der Waals surface area contributed by atoms with Crippen LogP contribution in [-0.2, 0) is 0 Å². The molecule has 0 amide bonds. The van der Waals surface area contributed by atoms with E-state index in [1.165, 1.54) is 32.1 Å². The fourth-order valence-corrected chi connectivity index (χ4v) is 1.70. The van der Waals surface area contributed by atoms with Gasteiger partial charge in [0.2, 0.25) is 0 Å². The molecule has 0 rings (SSSR count). The SMILES string of the molecule is CCCCCCCC(C)NC(CO)CO. The lowest BCUT2D eigenvalue weighted by atomic mass is 10.1. The fourth-order valence-electron chi connectivity index (χ4n) is 1.70. The first-order valence-corrected chi connectivity index (χ1v) is 6.22. The Balaban J connectivity index is 3.35. The molecule has 3 heteroatoms. The molecule has 0 fully saturated rings. The minimum atomic E-state index is -0.157. The van der Waals surface area contributed by atoms with E-state index in [-0.39, 0.29) is 19.3 Å². The molecule has 15 heavy (non-hydrogen) atoms. The monoisotopic (exact) mass is 217 g/mol. The molecule has 0 aromatic rings. The van der Waals surface area contributed by atoms with Gasteiger partial charge in [0.1, 0.15) is 0 Å². The first-order chi connectivity index (χ1) is 7.24.